The van der Waals surface area contributed by atoms with Gasteiger partial charge in [-0.25, -0.2) is 8.42 Å². The number of sulfonamides is 1. The van der Waals surface area contributed by atoms with E-state index < -0.39 is 14.9 Å². The van der Waals surface area contributed by atoms with Crippen LogP contribution >= 0.6 is 0 Å². The smallest absolute Gasteiger partial charge is 0.295 e. The predicted molar refractivity (Wildman–Crippen MR) is 94.7 cm³/mol. The zero-order valence-corrected chi connectivity index (χ0v) is 14.5. The lowest BCUT2D eigenvalue weighted by Crippen LogP contribution is -2.40. The highest BCUT2D eigenvalue weighted by Gasteiger charge is 2.28. The maximum Gasteiger partial charge on any atom is 0.295 e. The van der Waals surface area contributed by atoms with E-state index in [1.807, 2.05) is 0 Å². The number of ether oxygens (including phenoxy) is 1. The van der Waals surface area contributed by atoms with E-state index in [1.165, 1.54) is 22.7 Å². The summed E-state index contributed by atoms with van der Waals surface area (Å²) in [6.45, 7) is 1.04. The third-order valence-electron chi connectivity index (χ3n) is 3.78. The van der Waals surface area contributed by atoms with Gasteiger partial charge in [-0.15, -0.1) is 0 Å². The van der Waals surface area contributed by atoms with Crippen LogP contribution in [0.2, 0.25) is 0 Å². The summed E-state index contributed by atoms with van der Waals surface area (Å²) in [6, 6.07) is 7.26. The van der Waals surface area contributed by atoms with Crippen LogP contribution < -0.4 is 5.43 Å². The molecule has 138 valence electrons. The van der Waals surface area contributed by atoms with Gasteiger partial charge in [-0.05, 0) is 24.3 Å². The number of hydrogen-bond acceptors (Lipinski definition) is 7. The van der Waals surface area contributed by atoms with Crippen LogP contribution in [0, 0.1) is 10.1 Å². The second-order valence-electron chi connectivity index (χ2n) is 5.45. The number of anilines is 1. The van der Waals surface area contributed by atoms with Gasteiger partial charge in [0.1, 0.15) is 5.69 Å². The number of rotatable bonds is 6. The number of morpholine rings is 1. The molecule has 2 N–H and O–H groups in total. The number of nitro benzene ring substituents is 1. The number of nitro groups is 1. The molecule has 3 rings (SSSR count). The van der Waals surface area contributed by atoms with Crippen molar-refractivity contribution in [2.45, 2.75) is 4.90 Å². The minimum Gasteiger partial charge on any atom is -0.379 e. The van der Waals surface area contributed by atoms with Crippen LogP contribution in [0.4, 0.5) is 11.4 Å². The van der Waals surface area contributed by atoms with E-state index in [1.54, 1.807) is 18.3 Å². The lowest BCUT2D eigenvalue weighted by Gasteiger charge is -2.26. The Balaban J connectivity index is 1.85. The molecule has 1 aromatic heterocycles. The molecule has 0 bridgehead atoms. The normalized spacial score (nSPS) is 16.0. The van der Waals surface area contributed by atoms with Crippen LogP contribution in [0.1, 0.15) is 5.69 Å². The molecule has 1 saturated heterocycles. The van der Waals surface area contributed by atoms with Crippen molar-refractivity contribution in [2.24, 2.45) is 5.10 Å². The van der Waals surface area contributed by atoms with Crippen LogP contribution in [0.25, 0.3) is 0 Å². The second kappa shape index (κ2) is 7.64. The molecule has 0 spiro atoms. The van der Waals surface area contributed by atoms with Gasteiger partial charge in [0.05, 0.1) is 34.9 Å². The van der Waals surface area contributed by atoms with Crippen LogP contribution in [-0.4, -0.2) is 55.1 Å². The average Bonchev–Trinajstić information content (AvgIpc) is 3.16. The summed E-state index contributed by atoms with van der Waals surface area (Å²) in [4.78, 5) is 13.5. The van der Waals surface area contributed by atoms with Crippen LogP contribution in [0.5, 0.6) is 0 Å². The Morgan fingerprint density at radius 2 is 2.08 bits per heavy atom. The summed E-state index contributed by atoms with van der Waals surface area (Å²) in [5.41, 5.74) is 3.01. The van der Waals surface area contributed by atoms with Gasteiger partial charge in [-0.2, -0.15) is 9.41 Å². The number of aromatic amines is 1. The first-order chi connectivity index (χ1) is 12.5. The number of nitrogens with zero attached hydrogens (tertiary/aromatic N) is 3. The van der Waals surface area contributed by atoms with Crippen molar-refractivity contribution < 1.29 is 18.1 Å². The largest absolute Gasteiger partial charge is 0.379 e. The fourth-order valence-electron chi connectivity index (χ4n) is 2.45. The molecule has 26 heavy (non-hydrogen) atoms. The van der Waals surface area contributed by atoms with Gasteiger partial charge < -0.3 is 9.72 Å². The van der Waals surface area contributed by atoms with Gasteiger partial charge >= 0.3 is 0 Å². The molecule has 1 aromatic carbocycles. The summed E-state index contributed by atoms with van der Waals surface area (Å²) in [5, 5.41) is 15.3. The Morgan fingerprint density at radius 1 is 1.31 bits per heavy atom. The lowest BCUT2D eigenvalue weighted by atomic mass is 10.3. The summed E-state index contributed by atoms with van der Waals surface area (Å²) in [7, 11) is -3.81. The first-order valence-electron chi connectivity index (χ1n) is 7.77. The fourth-order valence-corrected chi connectivity index (χ4v) is 3.88. The molecule has 0 radical (unpaired) electrons. The molecule has 1 aliphatic heterocycles. The number of H-pyrrole nitrogens is 1. The van der Waals surface area contributed by atoms with Crippen molar-refractivity contribution in [3.8, 4) is 0 Å². The zero-order valence-electron chi connectivity index (χ0n) is 13.7. The fraction of sp³-hybridized carbons (Fsp3) is 0.267. The number of hydrogen-bond donors (Lipinski definition) is 2. The van der Waals surface area contributed by atoms with Crippen molar-refractivity contribution >= 4 is 27.6 Å². The van der Waals surface area contributed by atoms with Crippen molar-refractivity contribution in [3.05, 3.63) is 52.3 Å². The molecular formula is C15H17N5O5S. The maximum absolute atomic E-state index is 12.6. The number of benzene rings is 1. The van der Waals surface area contributed by atoms with E-state index in [4.69, 9.17) is 4.74 Å². The molecule has 0 aliphatic carbocycles. The van der Waals surface area contributed by atoms with Gasteiger partial charge in [0.15, 0.2) is 0 Å². The lowest BCUT2D eigenvalue weighted by molar-refractivity contribution is -0.384. The third-order valence-corrected chi connectivity index (χ3v) is 5.68. The minimum absolute atomic E-state index is 0.0960. The van der Waals surface area contributed by atoms with Crippen molar-refractivity contribution in [1.29, 1.82) is 0 Å². The molecule has 11 heteroatoms. The number of hydrazone groups is 1. The van der Waals surface area contributed by atoms with Gasteiger partial charge in [0.25, 0.3) is 5.69 Å². The summed E-state index contributed by atoms with van der Waals surface area (Å²) in [6.07, 6.45) is 3.18. The van der Waals surface area contributed by atoms with Gasteiger partial charge in [0, 0.05) is 25.4 Å². The van der Waals surface area contributed by atoms with Crippen molar-refractivity contribution in [1.82, 2.24) is 9.29 Å². The quantitative estimate of drug-likeness (QED) is 0.443. The highest BCUT2D eigenvalue weighted by molar-refractivity contribution is 7.89. The second-order valence-corrected chi connectivity index (χ2v) is 7.39. The Morgan fingerprint density at radius 3 is 2.73 bits per heavy atom. The molecule has 0 atom stereocenters. The minimum atomic E-state index is -3.81. The van der Waals surface area contributed by atoms with E-state index in [0.717, 1.165) is 6.07 Å². The van der Waals surface area contributed by atoms with Gasteiger partial charge in [0.2, 0.25) is 10.0 Å². The summed E-state index contributed by atoms with van der Waals surface area (Å²) in [5.74, 6) is 0. The molecular weight excluding hydrogens is 362 g/mol. The van der Waals surface area contributed by atoms with Crippen LogP contribution in [0.3, 0.4) is 0 Å². The molecule has 1 aliphatic rings. The molecule has 0 unspecified atom stereocenters. The number of aromatic nitrogens is 1. The Hall–Kier alpha value is -2.76. The van der Waals surface area contributed by atoms with Crippen LogP contribution in [-0.2, 0) is 14.8 Å². The van der Waals surface area contributed by atoms with E-state index in [-0.39, 0.29) is 29.4 Å². The summed E-state index contributed by atoms with van der Waals surface area (Å²) >= 11 is 0. The highest BCUT2D eigenvalue weighted by atomic mass is 32.2. The molecule has 1 fully saturated rings. The van der Waals surface area contributed by atoms with Crippen molar-refractivity contribution in [3.63, 3.8) is 0 Å². The standard InChI is InChI=1S/C15H17N5O5S/c21-20(22)15-10-13(26(23,24)19-6-8-25-9-7-19)3-4-14(15)18-17-11-12-2-1-5-16-12/h1-5,10-11,16,18H,6-9H2/b17-11+. The van der Waals surface area contributed by atoms with Gasteiger partial charge in [-0.1, -0.05) is 0 Å². The molecule has 10 nitrogen and oxygen atoms in total. The molecule has 0 amide bonds. The van der Waals surface area contributed by atoms with E-state index >= 15 is 0 Å². The Labute approximate surface area is 149 Å². The molecule has 2 aromatic rings. The first-order valence-corrected chi connectivity index (χ1v) is 9.21. The Bertz CT molecular complexity index is 905. The predicted octanol–water partition coefficient (Wildman–Crippen LogP) is 1.39. The van der Waals surface area contributed by atoms with E-state index in [2.05, 4.69) is 15.5 Å². The first kappa shape index (κ1) is 18.0. The average molecular weight is 379 g/mol. The van der Waals surface area contributed by atoms with E-state index in [9.17, 15) is 18.5 Å². The van der Waals surface area contributed by atoms with Gasteiger partial charge in [-0.3, -0.25) is 15.5 Å². The van der Waals surface area contributed by atoms with Crippen molar-refractivity contribution in [2.75, 3.05) is 31.7 Å². The summed E-state index contributed by atoms with van der Waals surface area (Å²) < 4.78 is 31.7. The SMILES string of the molecule is O=[N+]([O-])c1cc(S(=O)(=O)N2CCOCC2)ccc1N/N=C/c1ccc[nH]1. The molecule has 0 saturated carbocycles. The monoisotopic (exact) mass is 379 g/mol. The molecule has 2 heterocycles. The number of nitrogens with one attached hydrogen (secondary N) is 2. The maximum atomic E-state index is 12.6. The Kier molecular flexibility index (Phi) is 5.30. The zero-order chi connectivity index (χ0) is 18.6. The third kappa shape index (κ3) is 3.90. The highest BCUT2D eigenvalue weighted by Crippen LogP contribution is 2.29. The van der Waals surface area contributed by atoms with E-state index in [0.29, 0.717) is 18.9 Å². The van der Waals surface area contributed by atoms with Crippen LogP contribution in [0.15, 0.2) is 46.5 Å². The topological polar surface area (TPSA) is 130 Å².